The number of anilines is 1. The van der Waals surface area contributed by atoms with Crippen LogP contribution in [0.5, 0.6) is 0 Å². The molecule has 1 fully saturated rings. The van der Waals surface area contributed by atoms with Crippen LogP contribution in [0.15, 0.2) is 53.5 Å². The smallest absolute Gasteiger partial charge is 0.191 e. The number of hydrogen-bond acceptors (Lipinski definition) is 3. The number of nitrogens with two attached hydrogens (primary N) is 1. The molecule has 0 unspecified atom stereocenters. The van der Waals surface area contributed by atoms with Crippen molar-refractivity contribution in [2.24, 2.45) is 10.7 Å². The predicted molar refractivity (Wildman–Crippen MR) is 105 cm³/mol. The largest absolute Gasteiger partial charge is 0.378 e. The molecule has 0 aliphatic carbocycles. The first-order valence-corrected chi connectivity index (χ1v) is 9.33. The second-order valence-corrected chi connectivity index (χ2v) is 6.89. The molecule has 0 radical (unpaired) electrons. The summed E-state index contributed by atoms with van der Waals surface area (Å²) in [6.07, 6.45) is 1.14. The number of morpholine rings is 1. The number of guanidine groups is 1. The highest BCUT2D eigenvalue weighted by atomic mass is 16.5. The first kappa shape index (κ1) is 16.9. The van der Waals surface area contributed by atoms with Crippen molar-refractivity contribution in [1.82, 2.24) is 4.90 Å². The lowest BCUT2D eigenvalue weighted by molar-refractivity contribution is 0.0674. The summed E-state index contributed by atoms with van der Waals surface area (Å²) >= 11 is 0. The maximum Gasteiger partial charge on any atom is 0.191 e. The molecule has 5 heteroatoms. The number of nitrogens with zero attached hydrogens (tertiary/aromatic N) is 3. The van der Waals surface area contributed by atoms with Gasteiger partial charge in [0.05, 0.1) is 19.8 Å². The summed E-state index contributed by atoms with van der Waals surface area (Å²) in [5.41, 5.74) is 11.4. The van der Waals surface area contributed by atoms with Crippen molar-refractivity contribution in [2.75, 3.05) is 37.7 Å². The van der Waals surface area contributed by atoms with E-state index in [2.05, 4.69) is 63.3 Å². The van der Waals surface area contributed by atoms with Crippen LogP contribution < -0.4 is 10.6 Å². The molecule has 2 aliphatic rings. The number of hydrogen-bond donors (Lipinski definition) is 1. The number of ether oxygens (including phenoxy) is 1. The second-order valence-electron chi connectivity index (χ2n) is 6.89. The average molecular weight is 350 g/mol. The van der Waals surface area contributed by atoms with E-state index in [-0.39, 0.29) is 0 Å². The number of aliphatic imine (C=N–C) groups is 1. The highest BCUT2D eigenvalue weighted by Crippen LogP contribution is 2.28. The van der Waals surface area contributed by atoms with Gasteiger partial charge in [-0.25, -0.2) is 4.99 Å². The van der Waals surface area contributed by atoms with E-state index >= 15 is 0 Å². The highest BCUT2D eigenvalue weighted by molar-refractivity contribution is 5.78. The van der Waals surface area contributed by atoms with Crippen LogP contribution in [0.1, 0.15) is 16.7 Å². The van der Waals surface area contributed by atoms with Gasteiger partial charge in [-0.15, -0.1) is 0 Å². The third-order valence-corrected chi connectivity index (χ3v) is 5.14. The summed E-state index contributed by atoms with van der Waals surface area (Å²) in [5.74, 6) is 0.617. The van der Waals surface area contributed by atoms with Gasteiger partial charge in [-0.1, -0.05) is 42.5 Å². The van der Waals surface area contributed by atoms with E-state index in [0.717, 1.165) is 45.8 Å². The molecule has 2 heterocycles. The molecule has 2 aromatic carbocycles. The van der Waals surface area contributed by atoms with E-state index < -0.39 is 0 Å². The Morgan fingerprint density at radius 2 is 1.69 bits per heavy atom. The Kier molecular flexibility index (Phi) is 5.07. The molecule has 0 spiro atoms. The lowest BCUT2D eigenvalue weighted by Gasteiger charge is -2.27. The van der Waals surface area contributed by atoms with Crippen molar-refractivity contribution in [2.45, 2.75) is 19.5 Å². The van der Waals surface area contributed by atoms with Crippen molar-refractivity contribution < 1.29 is 4.74 Å². The van der Waals surface area contributed by atoms with Gasteiger partial charge in [-0.2, -0.15) is 0 Å². The standard InChI is InChI=1S/C21H26N4O/c22-21(24-11-13-26-14-12-24)23-15-17-5-7-18(8-6-17)16-25-10-9-19-3-1-2-4-20(19)25/h1-8H,9-16H2,(H2,22,23). The molecule has 2 N–H and O–H groups in total. The van der Waals surface area contributed by atoms with Crippen LogP contribution in [0.4, 0.5) is 5.69 Å². The van der Waals surface area contributed by atoms with E-state index in [1.807, 2.05) is 0 Å². The molecule has 0 aromatic heterocycles. The van der Waals surface area contributed by atoms with Crippen LogP contribution in [0.25, 0.3) is 0 Å². The molecule has 0 amide bonds. The Hall–Kier alpha value is -2.53. The van der Waals surface area contributed by atoms with Gasteiger partial charge in [0.1, 0.15) is 0 Å². The zero-order chi connectivity index (χ0) is 17.8. The zero-order valence-corrected chi connectivity index (χ0v) is 15.1. The SMILES string of the molecule is NC(=NCc1ccc(CN2CCc3ccccc32)cc1)N1CCOCC1. The summed E-state index contributed by atoms with van der Waals surface area (Å²) < 4.78 is 5.35. The molecule has 5 nitrogen and oxygen atoms in total. The number of rotatable bonds is 4. The minimum Gasteiger partial charge on any atom is -0.378 e. The Labute approximate surface area is 155 Å². The van der Waals surface area contributed by atoms with Gasteiger partial charge in [-0.05, 0) is 29.2 Å². The van der Waals surface area contributed by atoms with E-state index in [4.69, 9.17) is 10.5 Å². The summed E-state index contributed by atoms with van der Waals surface area (Å²) in [5, 5.41) is 0. The summed E-state index contributed by atoms with van der Waals surface area (Å²) in [4.78, 5) is 9.08. The van der Waals surface area contributed by atoms with E-state index in [1.165, 1.54) is 22.4 Å². The lowest BCUT2D eigenvalue weighted by Crippen LogP contribution is -2.44. The highest BCUT2D eigenvalue weighted by Gasteiger charge is 2.18. The van der Waals surface area contributed by atoms with Crippen LogP contribution in [-0.4, -0.2) is 43.7 Å². The topological polar surface area (TPSA) is 54.1 Å². The quantitative estimate of drug-likeness (QED) is 0.680. The minimum absolute atomic E-state index is 0.617. The molecule has 4 rings (SSSR count). The van der Waals surface area contributed by atoms with E-state index in [1.54, 1.807) is 0 Å². The molecule has 26 heavy (non-hydrogen) atoms. The molecule has 0 bridgehead atoms. The van der Waals surface area contributed by atoms with Gasteiger partial charge >= 0.3 is 0 Å². The Morgan fingerprint density at radius 1 is 0.962 bits per heavy atom. The van der Waals surface area contributed by atoms with Gasteiger partial charge in [0, 0.05) is 31.9 Å². The maximum absolute atomic E-state index is 6.09. The predicted octanol–water partition coefficient (Wildman–Crippen LogP) is 2.40. The second kappa shape index (κ2) is 7.79. The molecular weight excluding hydrogens is 324 g/mol. The first-order chi connectivity index (χ1) is 12.8. The average Bonchev–Trinajstić information content (AvgIpc) is 3.11. The van der Waals surface area contributed by atoms with Crippen molar-refractivity contribution in [3.63, 3.8) is 0 Å². The van der Waals surface area contributed by atoms with Crippen LogP contribution >= 0.6 is 0 Å². The summed E-state index contributed by atoms with van der Waals surface area (Å²) in [6, 6.07) is 17.4. The number of fused-ring (bicyclic) bond motifs is 1. The van der Waals surface area contributed by atoms with Gasteiger partial charge in [0.25, 0.3) is 0 Å². The molecule has 1 saturated heterocycles. The van der Waals surface area contributed by atoms with E-state index in [0.29, 0.717) is 12.5 Å². The molecule has 2 aliphatic heterocycles. The van der Waals surface area contributed by atoms with Gasteiger partial charge in [0.15, 0.2) is 5.96 Å². The van der Waals surface area contributed by atoms with Crippen LogP contribution in [-0.2, 0) is 24.2 Å². The Morgan fingerprint density at radius 3 is 2.50 bits per heavy atom. The van der Waals surface area contributed by atoms with Gasteiger partial charge in [-0.3, -0.25) is 0 Å². The van der Waals surface area contributed by atoms with Gasteiger partial charge < -0.3 is 20.3 Å². The van der Waals surface area contributed by atoms with Crippen LogP contribution in [0.2, 0.25) is 0 Å². The monoisotopic (exact) mass is 350 g/mol. The lowest BCUT2D eigenvalue weighted by atomic mass is 10.1. The van der Waals surface area contributed by atoms with Crippen molar-refractivity contribution in [1.29, 1.82) is 0 Å². The first-order valence-electron chi connectivity index (χ1n) is 9.33. The van der Waals surface area contributed by atoms with Crippen LogP contribution in [0, 0.1) is 0 Å². The van der Waals surface area contributed by atoms with Crippen molar-refractivity contribution in [3.05, 3.63) is 65.2 Å². The molecule has 2 aromatic rings. The fourth-order valence-electron chi connectivity index (χ4n) is 3.61. The normalized spacial score (nSPS) is 17.5. The van der Waals surface area contributed by atoms with Crippen molar-refractivity contribution >= 4 is 11.6 Å². The van der Waals surface area contributed by atoms with Crippen molar-refractivity contribution in [3.8, 4) is 0 Å². The van der Waals surface area contributed by atoms with Gasteiger partial charge in [0.2, 0.25) is 0 Å². The molecular formula is C21H26N4O. The number of para-hydroxylation sites is 1. The zero-order valence-electron chi connectivity index (χ0n) is 15.1. The molecule has 0 saturated carbocycles. The third-order valence-electron chi connectivity index (χ3n) is 5.14. The molecule has 0 atom stereocenters. The summed E-state index contributed by atoms with van der Waals surface area (Å²) in [6.45, 7) is 5.78. The Balaban J connectivity index is 1.35. The fourth-order valence-corrected chi connectivity index (χ4v) is 3.61. The number of benzene rings is 2. The maximum atomic E-state index is 6.09. The van der Waals surface area contributed by atoms with E-state index in [9.17, 15) is 0 Å². The van der Waals surface area contributed by atoms with Crippen LogP contribution in [0.3, 0.4) is 0 Å². The fraction of sp³-hybridized carbons (Fsp3) is 0.381. The third kappa shape index (κ3) is 3.83. The minimum atomic E-state index is 0.617. The Bertz CT molecular complexity index is 766. The molecule has 136 valence electrons. The summed E-state index contributed by atoms with van der Waals surface area (Å²) in [7, 11) is 0.